The van der Waals surface area contributed by atoms with Crippen LogP contribution in [0.25, 0.3) is 0 Å². The molecule has 94 valence electrons. The van der Waals surface area contributed by atoms with Crippen LogP contribution in [0, 0.1) is 11.7 Å². The lowest BCUT2D eigenvalue weighted by molar-refractivity contribution is -0.119. The van der Waals surface area contributed by atoms with E-state index in [1.807, 2.05) is 6.92 Å². The highest BCUT2D eigenvalue weighted by atomic mass is 19.1. The maximum atomic E-state index is 13.0. The van der Waals surface area contributed by atoms with E-state index < -0.39 is 11.6 Å². The lowest BCUT2D eigenvalue weighted by Crippen LogP contribution is -2.30. The Bertz CT molecular complexity index is 396. The van der Waals surface area contributed by atoms with Crippen LogP contribution in [0.4, 0.5) is 10.1 Å². The molecule has 1 aromatic carbocycles. The van der Waals surface area contributed by atoms with E-state index in [1.54, 1.807) is 6.92 Å². The average molecular weight is 240 g/mol. The molecule has 0 heterocycles. The zero-order chi connectivity index (χ0) is 12.8. The van der Waals surface area contributed by atoms with E-state index in [1.165, 1.54) is 12.1 Å². The summed E-state index contributed by atoms with van der Waals surface area (Å²) in [5.41, 5.74) is 0.341. The Morgan fingerprint density at radius 2 is 2.24 bits per heavy atom. The van der Waals surface area contributed by atoms with Gasteiger partial charge in [0.1, 0.15) is 0 Å². The molecule has 0 saturated carbocycles. The van der Waals surface area contributed by atoms with Gasteiger partial charge in [0.05, 0.1) is 0 Å². The van der Waals surface area contributed by atoms with E-state index in [4.69, 9.17) is 5.11 Å². The number of aromatic hydroxyl groups is 1. The average Bonchev–Trinajstić information content (AvgIpc) is 2.30. The summed E-state index contributed by atoms with van der Waals surface area (Å²) in [4.78, 5) is 11.7. The van der Waals surface area contributed by atoms with Gasteiger partial charge in [-0.1, -0.05) is 13.8 Å². The zero-order valence-corrected chi connectivity index (χ0v) is 9.96. The van der Waals surface area contributed by atoms with Crippen LogP contribution in [0.3, 0.4) is 0 Å². The van der Waals surface area contributed by atoms with Crippen LogP contribution in [0.5, 0.6) is 5.75 Å². The molecule has 0 saturated heterocycles. The van der Waals surface area contributed by atoms with Gasteiger partial charge < -0.3 is 15.7 Å². The van der Waals surface area contributed by atoms with E-state index in [-0.39, 0.29) is 11.8 Å². The fraction of sp³-hybridized carbons (Fsp3) is 0.417. The van der Waals surface area contributed by atoms with Gasteiger partial charge in [-0.05, 0) is 18.7 Å². The number of anilines is 1. The molecule has 17 heavy (non-hydrogen) atoms. The number of benzene rings is 1. The second-order valence-electron chi connectivity index (χ2n) is 3.86. The van der Waals surface area contributed by atoms with Crippen molar-refractivity contribution in [2.45, 2.75) is 13.8 Å². The molecule has 1 amide bonds. The third-order valence-corrected chi connectivity index (χ3v) is 2.36. The molecule has 3 N–H and O–H groups in total. The molecule has 0 fully saturated rings. The number of hydrogen-bond donors (Lipinski definition) is 3. The quantitative estimate of drug-likeness (QED) is 0.687. The summed E-state index contributed by atoms with van der Waals surface area (Å²) in [6.45, 7) is 5.11. The minimum absolute atomic E-state index is 0.184. The van der Waals surface area contributed by atoms with Gasteiger partial charge in [0.15, 0.2) is 11.6 Å². The number of carbonyl (C=O) groups excluding carboxylic acids is 1. The van der Waals surface area contributed by atoms with Crippen LogP contribution in [-0.2, 0) is 4.79 Å². The van der Waals surface area contributed by atoms with Gasteiger partial charge in [-0.2, -0.15) is 0 Å². The Morgan fingerprint density at radius 1 is 1.53 bits per heavy atom. The molecule has 1 rings (SSSR count). The number of hydrogen-bond acceptors (Lipinski definition) is 3. The molecule has 0 radical (unpaired) electrons. The topological polar surface area (TPSA) is 61.4 Å². The molecule has 0 spiro atoms. The number of amides is 1. The van der Waals surface area contributed by atoms with E-state index in [9.17, 15) is 9.18 Å². The molecule has 1 unspecified atom stereocenters. The van der Waals surface area contributed by atoms with Gasteiger partial charge in [0.25, 0.3) is 0 Å². The summed E-state index contributed by atoms with van der Waals surface area (Å²) in [5.74, 6) is -1.56. The second-order valence-corrected chi connectivity index (χ2v) is 3.86. The molecule has 0 bridgehead atoms. The molecule has 0 aliphatic carbocycles. The highest BCUT2D eigenvalue weighted by Crippen LogP contribution is 2.19. The zero-order valence-electron chi connectivity index (χ0n) is 9.96. The van der Waals surface area contributed by atoms with E-state index in [0.717, 1.165) is 12.6 Å². The predicted molar refractivity (Wildman–Crippen MR) is 64.4 cm³/mol. The van der Waals surface area contributed by atoms with Gasteiger partial charge in [0.2, 0.25) is 5.91 Å². The summed E-state index contributed by atoms with van der Waals surface area (Å²) in [5, 5.41) is 14.7. The maximum absolute atomic E-state index is 13.0. The smallest absolute Gasteiger partial charge is 0.228 e. The van der Waals surface area contributed by atoms with Crippen molar-refractivity contribution in [1.29, 1.82) is 0 Å². The Morgan fingerprint density at radius 3 is 2.82 bits per heavy atom. The number of nitrogens with one attached hydrogen (secondary N) is 2. The van der Waals surface area contributed by atoms with Crippen molar-refractivity contribution >= 4 is 11.6 Å². The normalized spacial score (nSPS) is 12.2. The fourth-order valence-electron chi connectivity index (χ4n) is 1.30. The monoisotopic (exact) mass is 240 g/mol. The predicted octanol–water partition coefficient (Wildman–Crippen LogP) is 1.72. The van der Waals surface area contributed by atoms with E-state index in [0.29, 0.717) is 12.2 Å². The van der Waals surface area contributed by atoms with Crippen molar-refractivity contribution in [2.75, 3.05) is 18.4 Å². The lowest BCUT2D eigenvalue weighted by Gasteiger charge is -2.12. The Hall–Kier alpha value is -1.62. The maximum Gasteiger partial charge on any atom is 0.228 e. The van der Waals surface area contributed by atoms with Crippen LogP contribution in [0.1, 0.15) is 13.8 Å². The highest BCUT2D eigenvalue weighted by molar-refractivity contribution is 5.92. The van der Waals surface area contributed by atoms with E-state index in [2.05, 4.69) is 10.6 Å². The standard InChI is InChI=1S/C12H17FN2O2/c1-3-14-7-8(2)12(17)15-9-4-5-11(16)10(13)6-9/h4-6,8,14,16H,3,7H2,1-2H3,(H,15,17). The molecule has 0 aromatic heterocycles. The molecule has 4 nitrogen and oxygen atoms in total. The molecule has 1 atom stereocenters. The van der Waals surface area contributed by atoms with Crippen LogP contribution in [-0.4, -0.2) is 24.1 Å². The first-order valence-electron chi connectivity index (χ1n) is 5.54. The molecular weight excluding hydrogens is 223 g/mol. The first kappa shape index (κ1) is 13.4. The van der Waals surface area contributed by atoms with Crippen molar-refractivity contribution in [2.24, 2.45) is 5.92 Å². The van der Waals surface area contributed by atoms with Gasteiger partial charge in [-0.3, -0.25) is 4.79 Å². The first-order chi connectivity index (χ1) is 8.04. The number of carbonyl (C=O) groups is 1. The van der Waals surface area contributed by atoms with Crippen LogP contribution < -0.4 is 10.6 Å². The summed E-state index contributed by atoms with van der Waals surface area (Å²) in [6.07, 6.45) is 0. The van der Waals surface area contributed by atoms with Crippen molar-refractivity contribution in [1.82, 2.24) is 5.32 Å². The van der Waals surface area contributed by atoms with Gasteiger partial charge in [-0.25, -0.2) is 4.39 Å². The lowest BCUT2D eigenvalue weighted by atomic mass is 10.1. The largest absolute Gasteiger partial charge is 0.505 e. The third-order valence-electron chi connectivity index (χ3n) is 2.36. The van der Waals surface area contributed by atoms with Crippen LogP contribution >= 0.6 is 0 Å². The van der Waals surface area contributed by atoms with Crippen LogP contribution in [0.2, 0.25) is 0 Å². The molecule has 1 aromatic rings. The number of phenols is 1. The SMILES string of the molecule is CCNCC(C)C(=O)Nc1ccc(O)c(F)c1. The minimum Gasteiger partial charge on any atom is -0.505 e. The molecular formula is C12H17FN2O2. The Kier molecular flexibility index (Phi) is 4.90. The summed E-state index contributed by atoms with van der Waals surface area (Å²) < 4.78 is 13.0. The summed E-state index contributed by atoms with van der Waals surface area (Å²) in [6, 6.07) is 3.75. The summed E-state index contributed by atoms with van der Waals surface area (Å²) in [7, 11) is 0. The first-order valence-corrected chi connectivity index (χ1v) is 5.54. The fourth-order valence-corrected chi connectivity index (χ4v) is 1.30. The molecule has 0 aliphatic heterocycles. The van der Waals surface area contributed by atoms with Gasteiger partial charge >= 0.3 is 0 Å². The molecule has 5 heteroatoms. The van der Waals surface area contributed by atoms with E-state index >= 15 is 0 Å². The number of halogens is 1. The van der Waals surface area contributed by atoms with Crippen molar-refractivity contribution in [3.63, 3.8) is 0 Å². The third kappa shape index (κ3) is 4.03. The molecule has 0 aliphatic rings. The van der Waals surface area contributed by atoms with Crippen molar-refractivity contribution in [3.05, 3.63) is 24.0 Å². The summed E-state index contributed by atoms with van der Waals surface area (Å²) >= 11 is 0. The van der Waals surface area contributed by atoms with Crippen molar-refractivity contribution in [3.8, 4) is 5.75 Å². The van der Waals surface area contributed by atoms with Crippen molar-refractivity contribution < 1.29 is 14.3 Å². The van der Waals surface area contributed by atoms with Gasteiger partial charge in [0, 0.05) is 24.2 Å². The second kappa shape index (κ2) is 6.20. The Labute approximate surface area is 99.8 Å². The number of rotatable bonds is 5. The minimum atomic E-state index is -0.748. The number of phenolic OH excluding ortho intramolecular Hbond substituents is 1. The Balaban J connectivity index is 2.58. The van der Waals surface area contributed by atoms with Gasteiger partial charge in [-0.15, -0.1) is 0 Å². The highest BCUT2D eigenvalue weighted by Gasteiger charge is 2.12. The van der Waals surface area contributed by atoms with Crippen LogP contribution in [0.15, 0.2) is 18.2 Å².